The fraction of sp³-hybridized carbons (Fsp3) is 0. The van der Waals surface area contributed by atoms with Crippen molar-refractivity contribution in [2.24, 2.45) is 0 Å². The lowest BCUT2D eigenvalue weighted by atomic mass is 9.94. The van der Waals surface area contributed by atoms with E-state index in [0.717, 1.165) is 66.5 Å². The van der Waals surface area contributed by atoms with Crippen LogP contribution in [-0.4, -0.2) is 9.13 Å². The highest BCUT2D eigenvalue weighted by Gasteiger charge is 2.18. The van der Waals surface area contributed by atoms with E-state index in [9.17, 15) is 15.8 Å². The van der Waals surface area contributed by atoms with E-state index in [2.05, 4.69) is 106 Å². The molecule has 0 aliphatic carbocycles. The molecular weight excluding hydrogens is 611 g/mol. The summed E-state index contributed by atoms with van der Waals surface area (Å²) in [5, 5.41) is 34.3. The molecule has 230 valence electrons. The fourth-order valence-electron chi connectivity index (χ4n) is 7.39. The van der Waals surface area contributed by atoms with E-state index in [4.69, 9.17) is 0 Å². The minimum absolute atomic E-state index is 0.546. The Bertz CT molecular complexity index is 2920. The van der Waals surface area contributed by atoms with Gasteiger partial charge in [0.05, 0.1) is 62.7 Å². The molecule has 0 saturated heterocycles. The Balaban J connectivity index is 1.25. The molecule has 5 nitrogen and oxygen atoms in total. The molecule has 0 saturated carbocycles. The van der Waals surface area contributed by atoms with E-state index in [1.165, 1.54) is 10.8 Å². The third-order valence-corrected chi connectivity index (χ3v) is 9.62. The van der Waals surface area contributed by atoms with Crippen molar-refractivity contribution in [3.8, 4) is 51.8 Å². The SMILES string of the molecule is N#Cc1ccc(-c2cccc(-c3cc(-n4c5ccccc5c5ccccc54)ccc3C#N)c2)c(-n2c3ccccc3c3cc(C#N)ccc32)c1. The standard InChI is InChI=1S/C45H25N5/c46-26-29-17-21-44-40(22-29)38-12-3-6-15-43(38)50(44)45-23-30(27-47)16-20-35(45)31-8-7-9-32(24-31)39-25-34(19-18-33(39)28-48)49-41-13-4-1-10-36(41)37-11-2-5-14-42(37)49/h1-25H. The first-order valence-electron chi connectivity index (χ1n) is 16.3. The van der Waals surface area contributed by atoms with Gasteiger partial charge in [-0.15, -0.1) is 0 Å². The minimum atomic E-state index is 0.546. The van der Waals surface area contributed by atoms with Crippen LogP contribution in [-0.2, 0) is 0 Å². The zero-order valence-electron chi connectivity index (χ0n) is 26.7. The Hall–Kier alpha value is -7.39. The predicted octanol–water partition coefficient (Wildman–Crippen LogP) is 10.8. The van der Waals surface area contributed by atoms with Crippen LogP contribution >= 0.6 is 0 Å². The Morgan fingerprint density at radius 3 is 1.60 bits per heavy atom. The molecule has 0 N–H and O–H groups in total. The number of nitrogens with zero attached hydrogens (tertiary/aromatic N) is 5. The molecule has 0 bridgehead atoms. The maximum Gasteiger partial charge on any atom is 0.0998 e. The van der Waals surface area contributed by atoms with Gasteiger partial charge in [0.2, 0.25) is 0 Å². The van der Waals surface area contributed by atoms with Gasteiger partial charge in [0.25, 0.3) is 0 Å². The van der Waals surface area contributed by atoms with Crippen molar-refractivity contribution in [1.29, 1.82) is 15.8 Å². The summed E-state index contributed by atoms with van der Waals surface area (Å²) in [6, 6.07) is 57.8. The summed E-state index contributed by atoms with van der Waals surface area (Å²) in [5.41, 5.74) is 11.3. The van der Waals surface area contributed by atoms with Crippen molar-refractivity contribution in [1.82, 2.24) is 9.13 Å². The second kappa shape index (κ2) is 11.4. The van der Waals surface area contributed by atoms with Crippen molar-refractivity contribution in [3.05, 3.63) is 168 Å². The summed E-state index contributed by atoms with van der Waals surface area (Å²) in [4.78, 5) is 0. The number of para-hydroxylation sites is 3. The zero-order valence-corrected chi connectivity index (χ0v) is 26.7. The summed E-state index contributed by atoms with van der Waals surface area (Å²) in [6.45, 7) is 0. The lowest BCUT2D eigenvalue weighted by Crippen LogP contribution is -1.99. The fourth-order valence-corrected chi connectivity index (χ4v) is 7.39. The lowest BCUT2D eigenvalue weighted by Gasteiger charge is -2.16. The second-order valence-corrected chi connectivity index (χ2v) is 12.3. The topological polar surface area (TPSA) is 81.2 Å². The third-order valence-electron chi connectivity index (χ3n) is 9.62. The normalized spacial score (nSPS) is 11.1. The van der Waals surface area contributed by atoms with Gasteiger partial charge in [0.15, 0.2) is 0 Å². The minimum Gasteiger partial charge on any atom is -0.309 e. The molecule has 0 unspecified atom stereocenters. The molecule has 9 rings (SSSR count). The maximum atomic E-state index is 10.3. The molecule has 0 fully saturated rings. The highest BCUT2D eigenvalue weighted by Crippen LogP contribution is 2.39. The molecule has 0 atom stereocenters. The Morgan fingerprint density at radius 1 is 0.380 bits per heavy atom. The van der Waals surface area contributed by atoms with Gasteiger partial charge in [-0.2, -0.15) is 15.8 Å². The number of rotatable bonds is 4. The van der Waals surface area contributed by atoms with Gasteiger partial charge < -0.3 is 9.13 Å². The summed E-state index contributed by atoms with van der Waals surface area (Å²) in [6.07, 6.45) is 0. The van der Waals surface area contributed by atoms with E-state index in [-0.39, 0.29) is 0 Å². The second-order valence-electron chi connectivity index (χ2n) is 12.3. The van der Waals surface area contributed by atoms with Gasteiger partial charge in [-0.05, 0) is 83.9 Å². The number of aromatic nitrogens is 2. The molecule has 2 heterocycles. The van der Waals surface area contributed by atoms with E-state index in [1.54, 1.807) is 0 Å². The molecular formula is C45H25N5. The van der Waals surface area contributed by atoms with Gasteiger partial charge in [0.1, 0.15) is 0 Å². The van der Waals surface area contributed by atoms with Gasteiger partial charge in [0, 0.05) is 38.4 Å². The molecule has 0 radical (unpaired) electrons. The number of hydrogen-bond donors (Lipinski definition) is 0. The van der Waals surface area contributed by atoms with Crippen LogP contribution in [0.4, 0.5) is 0 Å². The summed E-state index contributed by atoms with van der Waals surface area (Å²) in [5.74, 6) is 0. The molecule has 0 aliphatic rings. The summed E-state index contributed by atoms with van der Waals surface area (Å²) >= 11 is 0. The van der Waals surface area contributed by atoms with E-state index >= 15 is 0 Å². The van der Waals surface area contributed by atoms with Crippen LogP contribution in [0.3, 0.4) is 0 Å². The van der Waals surface area contributed by atoms with E-state index in [0.29, 0.717) is 16.7 Å². The smallest absolute Gasteiger partial charge is 0.0998 e. The van der Waals surface area contributed by atoms with E-state index in [1.807, 2.05) is 72.8 Å². The summed E-state index contributed by atoms with van der Waals surface area (Å²) in [7, 11) is 0. The largest absolute Gasteiger partial charge is 0.309 e. The van der Waals surface area contributed by atoms with Gasteiger partial charge in [-0.3, -0.25) is 0 Å². The molecule has 0 aliphatic heterocycles. The Labute approximate surface area is 287 Å². The summed E-state index contributed by atoms with van der Waals surface area (Å²) < 4.78 is 4.44. The van der Waals surface area contributed by atoms with Crippen LogP contribution < -0.4 is 0 Å². The van der Waals surface area contributed by atoms with Crippen molar-refractivity contribution >= 4 is 43.6 Å². The first-order valence-corrected chi connectivity index (χ1v) is 16.3. The average molecular weight is 636 g/mol. The van der Waals surface area contributed by atoms with Crippen LogP contribution in [0.25, 0.3) is 77.2 Å². The number of fused-ring (bicyclic) bond motifs is 6. The highest BCUT2D eigenvalue weighted by molar-refractivity contribution is 6.11. The first kappa shape index (κ1) is 28.8. The van der Waals surface area contributed by atoms with Crippen molar-refractivity contribution in [3.63, 3.8) is 0 Å². The molecule has 2 aromatic heterocycles. The Morgan fingerprint density at radius 2 is 0.940 bits per heavy atom. The van der Waals surface area contributed by atoms with Gasteiger partial charge in [-0.25, -0.2) is 0 Å². The van der Waals surface area contributed by atoms with Crippen LogP contribution in [0.5, 0.6) is 0 Å². The van der Waals surface area contributed by atoms with Crippen LogP contribution in [0.1, 0.15) is 16.7 Å². The number of benzene rings is 7. The first-order chi connectivity index (χ1) is 24.7. The van der Waals surface area contributed by atoms with Crippen LogP contribution in [0.15, 0.2) is 152 Å². The highest BCUT2D eigenvalue weighted by atomic mass is 15.0. The lowest BCUT2D eigenvalue weighted by molar-refractivity contribution is 1.18. The maximum absolute atomic E-state index is 10.3. The van der Waals surface area contributed by atoms with Crippen molar-refractivity contribution in [2.75, 3.05) is 0 Å². The average Bonchev–Trinajstić information content (AvgIpc) is 3.70. The number of nitriles is 3. The molecule has 9 aromatic rings. The van der Waals surface area contributed by atoms with Gasteiger partial charge in [-0.1, -0.05) is 78.9 Å². The predicted molar refractivity (Wildman–Crippen MR) is 200 cm³/mol. The molecule has 0 spiro atoms. The molecule has 5 heteroatoms. The molecule has 0 amide bonds. The van der Waals surface area contributed by atoms with Crippen LogP contribution in [0.2, 0.25) is 0 Å². The van der Waals surface area contributed by atoms with E-state index < -0.39 is 0 Å². The van der Waals surface area contributed by atoms with Crippen molar-refractivity contribution < 1.29 is 0 Å². The van der Waals surface area contributed by atoms with Gasteiger partial charge >= 0.3 is 0 Å². The van der Waals surface area contributed by atoms with Crippen molar-refractivity contribution in [2.45, 2.75) is 0 Å². The zero-order chi connectivity index (χ0) is 33.8. The number of hydrogen-bond acceptors (Lipinski definition) is 3. The quantitative estimate of drug-likeness (QED) is 0.193. The third kappa shape index (κ3) is 4.38. The van der Waals surface area contributed by atoms with Crippen LogP contribution in [0, 0.1) is 34.0 Å². The molecule has 50 heavy (non-hydrogen) atoms. The molecule has 7 aromatic carbocycles. The monoisotopic (exact) mass is 635 g/mol. The Kier molecular flexibility index (Phi) is 6.56.